The standard InChI is InChI=1S/C6H8N2/c1-5-3-4-7-8-6(5)2/h3-4H,1-2H3. The first-order chi connectivity index (χ1) is 3.80. The van der Waals surface area contributed by atoms with Gasteiger partial charge in [0, 0.05) is 6.20 Å². The predicted octanol–water partition coefficient (Wildman–Crippen LogP) is 1.09. The number of aryl methyl sites for hydroxylation is 2. The van der Waals surface area contributed by atoms with Gasteiger partial charge in [-0.25, -0.2) is 0 Å². The minimum absolute atomic E-state index is 1.01. The molecule has 0 N–H and O–H groups in total. The van der Waals surface area contributed by atoms with E-state index in [1.807, 2.05) is 19.9 Å². The summed E-state index contributed by atoms with van der Waals surface area (Å²) in [6.45, 7) is 3.96. The molecule has 1 aromatic rings. The van der Waals surface area contributed by atoms with Crippen molar-refractivity contribution >= 4 is 0 Å². The van der Waals surface area contributed by atoms with Gasteiger partial charge in [0.15, 0.2) is 0 Å². The third kappa shape index (κ3) is 0.832. The lowest BCUT2D eigenvalue weighted by atomic mass is 10.3. The first kappa shape index (κ1) is 5.22. The number of hydrogen-bond acceptors (Lipinski definition) is 2. The highest BCUT2D eigenvalue weighted by atomic mass is 15.1. The van der Waals surface area contributed by atoms with Crippen molar-refractivity contribution in [3.05, 3.63) is 23.5 Å². The maximum Gasteiger partial charge on any atom is 0.0629 e. The Labute approximate surface area is 48.6 Å². The summed E-state index contributed by atoms with van der Waals surface area (Å²) in [6.07, 6.45) is 1.70. The molecule has 0 atom stereocenters. The van der Waals surface area contributed by atoms with Gasteiger partial charge >= 0.3 is 0 Å². The molecule has 0 aromatic carbocycles. The number of nitrogens with zero attached hydrogens (tertiary/aromatic N) is 2. The van der Waals surface area contributed by atoms with Gasteiger partial charge < -0.3 is 0 Å². The van der Waals surface area contributed by atoms with Gasteiger partial charge in [-0.15, -0.1) is 0 Å². The third-order valence-electron chi connectivity index (χ3n) is 1.17. The van der Waals surface area contributed by atoms with Crippen LogP contribution in [0.15, 0.2) is 12.3 Å². The van der Waals surface area contributed by atoms with Gasteiger partial charge in [-0.3, -0.25) is 0 Å². The Balaban J connectivity index is 3.13. The van der Waals surface area contributed by atoms with E-state index in [4.69, 9.17) is 0 Å². The monoisotopic (exact) mass is 108 g/mol. The second-order valence-corrected chi connectivity index (χ2v) is 1.80. The topological polar surface area (TPSA) is 25.8 Å². The van der Waals surface area contributed by atoms with Crippen LogP contribution in [-0.4, -0.2) is 10.2 Å². The van der Waals surface area contributed by atoms with E-state index in [-0.39, 0.29) is 0 Å². The molecule has 0 amide bonds. The smallest absolute Gasteiger partial charge is 0.0629 e. The molecule has 0 radical (unpaired) electrons. The molecule has 1 rings (SSSR count). The molecule has 0 saturated heterocycles. The second kappa shape index (κ2) is 1.90. The summed E-state index contributed by atoms with van der Waals surface area (Å²) in [7, 11) is 0. The molecule has 0 fully saturated rings. The molecular formula is C6H8N2. The summed E-state index contributed by atoms with van der Waals surface area (Å²) >= 11 is 0. The van der Waals surface area contributed by atoms with Gasteiger partial charge in [0.1, 0.15) is 0 Å². The highest BCUT2D eigenvalue weighted by Crippen LogP contribution is 1.96. The zero-order valence-corrected chi connectivity index (χ0v) is 5.05. The molecule has 42 valence electrons. The second-order valence-electron chi connectivity index (χ2n) is 1.80. The van der Waals surface area contributed by atoms with E-state index in [0.717, 1.165) is 5.69 Å². The normalized spacial score (nSPS) is 9.25. The maximum absolute atomic E-state index is 3.83. The Morgan fingerprint density at radius 1 is 1.38 bits per heavy atom. The summed E-state index contributed by atoms with van der Waals surface area (Å²) in [5.41, 5.74) is 2.20. The fraction of sp³-hybridized carbons (Fsp3) is 0.333. The average molecular weight is 108 g/mol. The van der Waals surface area contributed by atoms with Crippen molar-refractivity contribution in [2.75, 3.05) is 0 Å². The zero-order valence-electron chi connectivity index (χ0n) is 5.05. The van der Waals surface area contributed by atoms with E-state index >= 15 is 0 Å². The lowest BCUT2D eigenvalue weighted by molar-refractivity contribution is 0.961. The average Bonchev–Trinajstić information content (AvgIpc) is 1.77. The summed E-state index contributed by atoms with van der Waals surface area (Å²) in [5, 5.41) is 7.52. The van der Waals surface area contributed by atoms with Crippen LogP contribution in [0.3, 0.4) is 0 Å². The quantitative estimate of drug-likeness (QED) is 0.497. The van der Waals surface area contributed by atoms with Crippen molar-refractivity contribution in [1.29, 1.82) is 0 Å². The van der Waals surface area contributed by atoms with Gasteiger partial charge in [-0.05, 0) is 25.5 Å². The Kier molecular flexibility index (Phi) is 1.24. The third-order valence-corrected chi connectivity index (χ3v) is 1.17. The molecule has 2 heteroatoms. The van der Waals surface area contributed by atoms with Crippen molar-refractivity contribution in [3.8, 4) is 0 Å². The van der Waals surface area contributed by atoms with Gasteiger partial charge in [0.25, 0.3) is 0 Å². The summed E-state index contributed by atoms with van der Waals surface area (Å²) in [4.78, 5) is 0. The van der Waals surface area contributed by atoms with Gasteiger partial charge in [-0.2, -0.15) is 10.2 Å². The van der Waals surface area contributed by atoms with E-state index < -0.39 is 0 Å². The highest BCUT2D eigenvalue weighted by Gasteiger charge is 1.86. The molecule has 1 aromatic heterocycles. The van der Waals surface area contributed by atoms with E-state index in [1.54, 1.807) is 6.20 Å². The van der Waals surface area contributed by atoms with Crippen molar-refractivity contribution in [2.45, 2.75) is 13.8 Å². The Bertz CT molecular complexity index is 163. The molecule has 0 unspecified atom stereocenters. The van der Waals surface area contributed by atoms with Gasteiger partial charge in [-0.1, -0.05) is 0 Å². The van der Waals surface area contributed by atoms with Crippen LogP contribution in [0.25, 0.3) is 0 Å². The number of rotatable bonds is 0. The summed E-state index contributed by atoms with van der Waals surface area (Å²) in [5.74, 6) is 0. The molecule has 0 bridgehead atoms. The van der Waals surface area contributed by atoms with Crippen molar-refractivity contribution in [2.24, 2.45) is 0 Å². The molecule has 8 heavy (non-hydrogen) atoms. The molecular weight excluding hydrogens is 100 g/mol. The van der Waals surface area contributed by atoms with Crippen LogP contribution in [-0.2, 0) is 0 Å². The van der Waals surface area contributed by atoms with E-state index in [0.29, 0.717) is 0 Å². The Morgan fingerprint density at radius 2 is 2.12 bits per heavy atom. The highest BCUT2D eigenvalue weighted by molar-refractivity contribution is 5.12. The van der Waals surface area contributed by atoms with Crippen LogP contribution in [0.2, 0.25) is 0 Å². The lowest BCUT2D eigenvalue weighted by Gasteiger charge is -1.91. The maximum atomic E-state index is 3.83. The minimum Gasteiger partial charge on any atom is -0.159 e. The fourth-order valence-corrected chi connectivity index (χ4v) is 0.465. The number of aromatic nitrogens is 2. The van der Waals surface area contributed by atoms with Crippen LogP contribution < -0.4 is 0 Å². The summed E-state index contributed by atoms with van der Waals surface area (Å²) < 4.78 is 0. The van der Waals surface area contributed by atoms with Crippen LogP contribution >= 0.6 is 0 Å². The van der Waals surface area contributed by atoms with Crippen molar-refractivity contribution < 1.29 is 0 Å². The van der Waals surface area contributed by atoms with Gasteiger partial charge in [0.2, 0.25) is 0 Å². The molecule has 0 aliphatic carbocycles. The molecule has 0 spiro atoms. The van der Waals surface area contributed by atoms with Crippen LogP contribution in [0.4, 0.5) is 0 Å². The molecule has 0 aliphatic heterocycles. The van der Waals surface area contributed by atoms with Crippen molar-refractivity contribution in [1.82, 2.24) is 10.2 Å². The van der Waals surface area contributed by atoms with E-state index in [1.165, 1.54) is 5.56 Å². The lowest BCUT2D eigenvalue weighted by Crippen LogP contribution is -1.86. The SMILES string of the molecule is Cc1ccnnc1C. The predicted molar refractivity (Wildman–Crippen MR) is 31.5 cm³/mol. The van der Waals surface area contributed by atoms with Gasteiger partial charge in [0.05, 0.1) is 5.69 Å². The summed E-state index contributed by atoms with van der Waals surface area (Å²) in [6, 6.07) is 1.95. The van der Waals surface area contributed by atoms with E-state index in [2.05, 4.69) is 10.2 Å². The number of hydrogen-bond donors (Lipinski definition) is 0. The first-order valence-electron chi connectivity index (χ1n) is 2.55. The molecule has 0 saturated carbocycles. The van der Waals surface area contributed by atoms with Crippen LogP contribution in [0.5, 0.6) is 0 Å². The molecule has 1 heterocycles. The Hall–Kier alpha value is -0.920. The first-order valence-corrected chi connectivity index (χ1v) is 2.55. The minimum atomic E-state index is 1.01. The largest absolute Gasteiger partial charge is 0.159 e. The molecule has 0 aliphatic rings. The zero-order chi connectivity index (χ0) is 5.98. The Morgan fingerprint density at radius 3 is 2.50 bits per heavy atom. The van der Waals surface area contributed by atoms with E-state index in [9.17, 15) is 0 Å². The van der Waals surface area contributed by atoms with Crippen LogP contribution in [0.1, 0.15) is 11.3 Å². The van der Waals surface area contributed by atoms with Crippen LogP contribution in [0, 0.1) is 13.8 Å². The fourth-order valence-electron chi connectivity index (χ4n) is 0.465. The van der Waals surface area contributed by atoms with Crippen molar-refractivity contribution in [3.63, 3.8) is 0 Å². The molecule has 2 nitrogen and oxygen atoms in total.